The molecular weight excluding hydrogens is 106 g/mol. The topological polar surface area (TPSA) is 82.3 Å². The fraction of sp³-hybridized carbons (Fsp3) is 0.750. The molecular formula is C4H13N3O. The van der Waals surface area contributed by atoms with Gasteiger partial charge in [0.2, 0.25) is 0 Å². The maximum atomic E-state index is 6.88. The molecule has 0 rings (SSSR count). The van der Waals surface area contributed by atoms with Crippen molar-refractivity contribution in [1.29, 1.82) is 5.26 Å². The molecule has 0 heterocycles. The molecule has 4 N–H and O–H groups in total. The molecule has 0 atom stereocenters. The molecule has 4 nitrogen and oxygen atoms in total. The van der Waals surface area contributed by atoms with Crippen molar-refractivity contribution in [1.82, 2.24) is 11.1 Å². The number of aliphatic hydroxyl groups is 1. The second-order valence-corrected chi connectivity index (χ2v) is 1.44. The van der Waals surface area contributed by atoms with E-state index < -0.39 is 0 Å². The minimum atomic E-state index is 0. The van der Waals surface area contributed by atoms with Gasteiger partial charge in [0, 0.05) is 0 Å². The zero-order valence-corrected chi connectivity index (χ0v) is 5.55. The summed E-state index contributed by atoms with van der Waals surface area (Å²) in [6, 6.07) is 0. The highest BCUT2D eigenvalue weighted by Crippen LogP contribution is 1.47. The molecule has 0 aliphatic carbocycles. The van der Waals surface area contributed by atoms with Gasteiger partial charge in [-0.05, 0) is 21.1 Å². The van der Waals surface area contributed by atoms with Gasteiger partial charge in [0.1, 0.15) is 0 Å². The maximum absolute atomic E-state index is 6.88. The summed E-state index contributed by atoms with van der Waals surface area (Å²) in [4.78, 5) is 2.00. The molecule has 0 spiro atoms. The van der Waals surface area contributed by atoms with Crippen LogP contribution in [0.4, 0.5) is 0 Å². The molecule has 0 saturated carbocycles. The summed E-state index contributed by atoms with van der Waals surface area (Å²) in [5, 5.41) is 13.8. The first-order chi connectivity index (χ1) is 3.15. The van der Waals surface area contributed by atoms with Crippen molar-refractivity contribution in [2.75, 3.05) is 21.1 Å². The Hall–Kier alpha value is -0.790. The zero-order valence-electron chi connectivity index (χ0n) is 5.55. The van der Waals surface area contributed by atoms with E-state index in [2.05, 4.69) is 0 Å². The second kappa shape index (κ2) is 16.4. The number of nitriles is 1. The molecule has 50 valence electrons. The van der Waals surface area contributed by atoms with Crippen LogP contribution in [-0.2, 0) is 0 Å². The minimum absolute atomic E-state index is 0. The molecule has 0 bridgehead atoms. The van der Waals surface area contributed by atoms with Crippen LogP contribution < -0.4 is 6.15 Å². The van der Waals surface area contributed by atoms with Gasteiger partial charge in [-0.15, -0.1) is 0 Å². The van der Waals surface area contributed by atoms with E-state index in [1.54, 1.807) is 0 Å². The quantitative estimate of drug-likeness (QED) is 0.445. The standard InChI is InChI=1S/C3H9N.CHNO.H3N/c1-4(2)3;2-1-3;/h1-3H3;3H;1H3. The van der Waals surface area contributed by atoms with Crippen molar-refractivity contribution < 1.29 is 5.11 Å². The molecule has 0 amide bonds. The van der Waals surface area contributed by atoms with Crippen molar-refractivity contribution in [2.45, 2.75) is 0 Å². The highest BCUT2D eigenvalue weighted by Gasteiger charge is 1.58. The van der Waals surface area contributed by atoms with Crippen LogP contribution >= 0.6 is 0 Å². The van der Waals surface area contributed by atoms with Crippen LogP contribution in [0.1, 0.15) is 0 Å². The number of rotatable bonds is 0. The van der Waals surface area contributed by atoms with Crippen molar-refractivity contribution in [3.63, 3.8) is 0 Å². The molecule has 0 unspecified atom stereocenters. The molecule has 0 aliphatic heterocycles. The van der Waals surface area contributed by atoms with Crippen LogP contribution in [0.15, 0.2) is 0 Å². The van der Waals surface area contributed by atoms with Crippen LogP contribution in [0.25, 0.3) is 0 Å². The predicted octanol–water partition coefficient (Wildman–Crippen LogP) is 0.180. The van der Waals surface area contributed by atoms with Crippen molar-refractivity contribution in [3.8, 4) is 6.26 Å². The van der Waals surface area contributed by atoms with E-state index in [-0.39, 0.29) is 6.15 Å². The summed E-state index contributed by atoms with van der Waals surface area (Å²) in [6.45, 7) is 0. The molecule has 8 heavy (non-hydrogen) atoms. The Morgan fingerprint density at radius 2 is 1.38 bits per heavy atom. The van der Waals surface area contributed by atoms with Gasteiger partial charge in [0.05, 0.1) is 0 Å². The van der Waals surface area contributed by atoms with Gasteiger partial charge in [0.15, 0.2) is 0 Å². The van der Waals surface area contributed by atoms with Crippen LogP contribution in [-0.4, -0.2) is 31.1 Å². The highest BCUT2D eigenvalue weighted by atomic mass is 16.2. The summed E-state index contributed by atoms with van der Waals surface area (Å²) in [7, 11) is 6.00. The van der Waals surface area contributed by atoms with Crippen molar-refractivity contribution in [3.05, 3.63) is 0 Å². The Kier molecular flexibility index (Phi) is 32.1. The Morgan fingerprint density at radius 3 is 1.38 bits per heavy atom. The largest absolute Gasteiger partial charge is 0.443 e. The van der Waals surface area contributed by atoms with Crippen LogP contribution in [0, 0.1) is 11.5 Å². The van der Waals surface area contributed by atoms with Gasteiger partial charge in [-0.1, -0.05) is 0 Å². The highest BCUT2D eigenvalue weighted by molar-refractivity contribution is 4.30. The SMILES string of the molecule is CN(C)C.N.N#CO. The summed E-state index contributed by atoms with van der Waals surface area (Å²) in [5.74, 6) is 0. The summed E-state index contributed by atoms with van der Waals surface area (Å²) in [6.07, 6.45) is 0.750. The summed E-state index contributed by atoms with van der Waals surface area (Å²) < 4.78 is 0. The average molecular weight is 119 g/mol. The number of hydrogen-bond donors (Lipinski definition) is 2. The smallest absolute Gasteiger partial charge is 0.283 e. The van der Waals surface area contributed by atoms with Crippen LogP contribution in [0.3, 0.4) is 0 Å². The molecule has 4 heteroatoms. The van der Waals surface area contributed by atoms with E-state index in [0.717, 1.165) is 6.26 Å². The molecule has 0 aliphatic rings. The fourth-order valence-electron chi connectivity index (χ4n) is 0. The van der Waals surface area contributed by atoms with Gasteiger partial charge >= 0.3 is 0 Å². The third kappa shape index (κ3) is 148. The van der Waals surface area contributed by atoms with E-state index in [1.807, 2.05) is 26.0 Å². The lowest BCUT2D eigenvalue weighted by atomic mass is 11.0. The zero-order chi connectivity index (χ0) is 6.28. The minimum Gasteiger partial charge on any atom is -0.443 e. The Bertz CT molecular complexity index is 54.0. The lowest BCUT2D eigenvalue weighted by Gasteiger charge is -1.90. The summed E-state index contributed by atoms with van der Waals surface area (Å²) >= 11 is 0. The van der Waals surface area contributed by atoms with Gasteiger partial charge in [-0.25, -0.2) is 0 Å². The van der Waals surface area contributed by atoms with Crippen LogP contribution in [0.2, 0.25) is 0 Å². The third-order valence-electron chi connectivity index (χ3n) is 0. The van der Waals surface area contributed by atoms with E-state index >= 15 is 0 Å². The van der Waals surface area contributed by atoms with Crippen molar-refractivity contribution >= 4 is 0 Å². The molecule has 0 aromatic rings. The molecule has 0 radical (unpaired) electrons. The molecule has 0 aromatic heterocycles. The first-order valence-electron chi connectivity index (χ1n) is 1.79. The first kappa shape index (κ1) is 15.7. The lowest BCUT2D eigenvalue weighted by Crippen LogP contribution is -1.99. The molecule has 0 saturated heterocycles. The van der Waals surface area contributed by atoms with Crippen molar-refractivity contribution in [2.24, 2.45) is 0 Å². The van der Waals surface area contributed by atoms with Gasteiger partial charge < -0.3 is 16.2 Å². The first-order valence-corrected chi connectivity index (χ1v) is 1.79. The van der Waals surface area contributed by atoms with Gasteiger partial charge in [-0.2, -0.15) is 5.26 Å². The number of aliphatic hydroxyl groups excluding tert-OH is 1. The number of nitrogens with zero attached hydrogens (tertiary/aromatic N) is 2. The normalized spacial score (nSPS) is 5.38. The van der Waals surface area contributed by atoms with E-state index in [4.69, 9.17) is 10.4 Å². The van der Waals surface area contributed by atoms with Gasteiger partial charge in [0.25, 0.3) is 6.26 Å². The Labute approximate surface area is 49.9 Å². The second-order valence-electron chi connectivity index (χ2n) is 1.44. The molecule has 0 fully saturated rings. The maximum Gasteiger partial charge on any atom is 0.283 e. The summed E-state index contributed by atoms with van der Waals surface area (Å²) in [5.41, 5.74) is 0. The Balaban J connectivity index is -0.0000000575. The number of hydrogen-bond acceptors (Lipinski definition) is 4. The third-order valence-corrected chi connectivity index (χ3v) is 0. The lowest BCUT2D eigenvalue weighted by molar-refractivity contribution is 0.503. The fourth-order valence-corrected chi connectivity index (χ4v) is 0. The van der Waals surface area contributed by atoms with E-state index in [0.29, 0.717) is 0 Å². The van der Waals surface area contributed by atoms with Crippen LogP contribution in [0.5, 0.6) is 0 Å². The van der Waals surface area contributed by atoms with E-state index in [9.17, 15) is 0 Å². The average Bonchev–Trinajstić information content (AvgIpc) is 1.33. The Morgan fingerprint density at radius 1 is 1.38 bits per heavy atom. The monoisotopic (exact) mass is 119 g/mol. The van der Waals surface area contributed by atoms with Gasteiger partial charge in [-0.3, -0.25) is 0 Å². The van der Waals surface area contributed by atoms with E-state index in [1.165, 1.54) is 0 Å². The predicted molar refractivity (Wildman–Crippen MR) is 32.2 cm³/mol. The molecule has 0 aromatic carbocycles.